The quantitative estimate of drug-likeness (QED) is 0.797. The molecule has 2 atom stereocenters. The first-order valence-electron chi connectivity index (χ1n) is 5.75. The predicted molar refractivity (Wildman–Crippen MR) is 69.4 cm³/mol. The lowest BCUT2D eigenvalue weighted by Gasteiger charge is -2.38. The SMILES string of the molecule is CCN1C(=S)C[C@H](c2ccccc2)C[C@H]1O. The van der Waals surface area contributed by atoms with Crippen LogP contribution in [0.15, 0.2) is 30.3 Å². The van der Waals surface area contributed by atoms with Crippen LogP contribution in [0.3, 0.4) is 0 Å². The van der Waals surface area contributed by atoms with E-state index in [-0.39, 0.29) is 0 Å². The van der Waals surface area contributed by atoms with Crippen molar-refractivity contribution in [3.05, 3.63) is 35.9 Å². The predicted octanol–water partition coefficient (Wildman–Crippen LogP) is 2.53. The molecule has 0 saturated carbocycles. The van der Waals surface area contributed by atoms with Crippen LogP contribution in [-0.2, 0) is 0 Å². The van der Waals surface area contributed by atoms with Gasteiger partial charge in [-0.15, -0.1) is 0 Å². The third-order valence-electron chi connectivity index (χ3n) is 3.21. The third kappa shape index (κ3) is 2.25. The standard InChI is InChI=1S/C13H17NOS/c1-2-14-12(15)8-11(9-13(14)16)10-6-4-3-5-7-10/h3-7,11-12,15H,2,8-9H2,1H3/t11-,12-/m1/s1. The summed E-state index contributed by atoms with van der Waals surface area (Å²) in [7, 11) is 0. The van der Waals surface area contributed by atoms with Crippen molar-refractivity contribution in [2.24, 2.45) is 0 Å². The highest BCUT2D eigenvalue weighted by Gasteiger charge is 2.29. The van der Waals surface area contributed by atoms with Gasteiger partial charge in [0.15, 0.2) is 0 Å². The maximum atomic E-state index is 10.0. The normalized spacial score (nSPS) is 25.9. The lowest BCUT2D eigenvalue weighted by Crippen LogP contribution is -2.44. The van der Waals surface area contributed by atoms with Crippen molar-refractivity contribution in [3.63, 3.8) is 0 Å². The largest absolute Gasteiger partial charge is 0.374 e. The molecule has 1 saturated heterocycles. The zero-order valence-electron chi connectivity index (χ0n) is 9.47. The van der Waals surface area contributed by atoms with Crippen LogP contribution in [-0.4, -0.2) is 27.8 Å². The number of benzene rings is 1. The third-order valence-corrected chi connectivity index (χ3v) is 3.61. The molecule has 0 aromatic heterocycles. The highest BCUT2D eigenvalue weighted by Crippen LogP contribution is 2.31. The topological polar surface area (TPSA) is 23.5 Å². The van der Waals surface area contributed by atoms with Crippen LogP contribution < -0.4 is 0 Å². The van der Waals surface area contributed by atoms with Crippen molar-refractivity contribution in [1.29, 1.82) is 0 Å². The van der Waals surface area contributed by atoms with E-state index in [9.17, 15) is 5.11 Å². The Hall–Kier alpha value is -0.930. The van der Waals surface area contributed by atoms with Crippen molar-refractivity contribution >= 4 is 17.2 Å². The molecule has 1 N–H and O–H groups in total. The number of piperidine rings is 1. The van der Waals surface area contributed by atoms with E-state index in [0.29, 0.717) is 5.92 Å². The van der Waals surface area contributed by atoms with E-state index in [1.165, 1.54) is 5.56 Å². The minimum atomic E-state index is -0.420. The second-order valence-corrected chi connectivity index (χ2v) is 4.68. The van der Waals surface area contributed by atoms with Gasteiger partial charge in [0.1, 0.15) is 6.23 Å². The fourth-order valence-electron chi connectivity index (χ4n) is 2.33. The van der Waals surface area contributed by atoms with E-state index in [4.69, 9.17) is 12.2 Å². The first-order chi connectivity index (χ1) is 7.72. The fourth-order valence-corrected chi connectivity index (χ4v) is 2.78. The van der Waals surface area contributed by atoms with Gasteiger partial charge in [-0.2, -0.15) is 0 Å². The average Bonchev–Trinajstić information content (AvgIpc) is 2.30. The molecule has 1 heterocycles. The van der Waals surface area contributed by atoms with E-state index < -0.39 is 6.23 Å². The van der Waals surface area contributed by atoms with E-state index in [1.807, 2.05) is 30.0 Å². The maximum Gasteiger partial charge on any atom is 0.127 e. The number of likely N-dealkylation sites (tertiary alicyclic amines) is 1. The Labute approximate surface area is 102 Å². The summed E-state index contributed by atoms with van der Waals surface area (Å²) in [6.45, 7) is 2.82. The zero-order valence-corrected chi connectivity index (χ0v) is 10.3. The molecule has 2 rings (SSSR count). The van der Waals surface area contributed by atoms with Crippen LogP contribution >= 0.6 is 12.2 Å². The van der Waals surface area contributed by atoms with E-state index >= 15 is 0 Å². The van der Waals surface area contributed by atoms with Gasteiger partial charge < -0.3 is 10.0 Å². The van der Waals surface area contributed by atoms with Gasteiger partial charge in [0.2, 0.25) is 0 Å². The maximum absolute atomic E-state index is 10.0. The van der Waals surface area contributed by atoms with E-state index in [2.05, 4.69) is 12.1 Å². The van der Waals surface area contributed by atoms with Crippen molar-refractivity contribution in [2.75, 3.05) is 6.54 Å². The van der Waals surface area contributed by atoms with Gasteiger partial charge in [0.05, 0.1) is 4.99 Å². The van der Waals surface area contributed by atoms with Crippen molar-refractivity contribution < 1.29 is 5.11 Å². The molecule has 0 radical (unpaired) electrons. The van der Waals surface area contributed by atoms with Gasteiger partial charge in [0.25, 0.3) is 0 Å². The Kier molecular flexibility index (Phi) is 3.56. The lowest BCUT2D eigenvalue weighted by molar-refractivity contribution is 0.0317. The molecular formula is C13H17NOS. The van der Waals surface area contributed by atoms with E-state index in [1.54, 1.807) is 0 Å². The second-order valence-electron chi connectivity index (χ2n) is 4.21. The molecule has 1 aliphatic rings. The average molecular weight is 235 g/mol. The summed E-state index contributed by atoms with van der Waals surface area (Å²) >= 11 is 5.35. The number of hydrogen-bond donors (Lipinski definition) is 1. The Morgan fingerprint density at radius 1 is 1.38 bits per heavy atom. The van der Waals surface area contributed by atoms with Gasteiger partial charge in [-0.3, -0.25) is 0 Å². The molecule has 0 bridgehead atoms. The molecule has 1 fully saturated rings. The number of aliphatic hydroxyl groups excluding tert-OH is 1. The van der Waals surface area contributed by atoms with Crippen LogP contribution in [0.2, 0.25) is 0 Å². The molecule has 3 heteroatoms. The van der Waals surface area contributed by atoms with Gasteiger partial charge in [0, 0.05) is 13.0 Å². The van der Waals surface area contributed by atoms with Crippen molar-refractivity contribution in [1.82, 2.24) is 4.90 Å². The summed E-state index contributed by atoms with van der Waals surface area (Å²) in [5.74, 6) is 0.367. The second kappa shape index (κ2) is 4.93. The van der Waals surface area contributed by atoms with Gasteiger partial charge in [-0.05, 0) is 24.8 Å². The Morgan fingerprint density at radius 3 is 2.62 bits per heavy atom. The smallest absolute Gasteiger partial charge is 0.127 e. The Bertz CT molecular complexity index is 365. The van der Waals surface area contributed by atoms with Crippen LogP contribution in [0.4, 0.5) is 0 Å². The molecule has 2 nitrogen and oxygen atoms in total. The number of thiocarbonyl (C=S) groups is 1. The van der Waals surface area contributed by atoms with Crippen LogP contribution in [0.25, 0.3) is 0 Å². The molecule has 0 spiro atoms. The number of hydrogen-bond acceptors (Lipinski definition) is 2. The van der Waals surface area contributed by atoms with Gasteiger partial charge >= 0.3 is 0 Å². The van der Waals surface area contributed by atoms with Gasteiger partial charge in [-0.1, -0.05) is 42.5 Å². The van der Waals surface area contributed by atoms with Gasteiger partial charge in [-0.25, -0.2) is 0 Å². The minimum absolute atomic E-state index is 0.367. The first-order valence-corrected chi connectivity index (χ1v) is 6.15. The molecule has 86 valence electrons. The molecule has 1 aromatic carbocycles. The number of nitrogens with zero attached hydrogens (tertiary/aromatic N) is 1. The highest BCUT2D eigenvalue weighted by molar-refractivity contribution is 7.80. The molecule has 0 unspecified atom stereocenters. The van der Waals surface area contributed by atoms with Crippen molar-refractivity contribution in [3.8, 4) is 0 Å². The molecule has 1 aromatic rings. The first kappa shape index (κ1) is 11.6. The summed E-state index contributed by atoms with van der Waals surface area (Å²) in [6.07, 6.45) is 1.24. The summed E-state index contributed by atoms with van der Waals surface area (Å²) in [5, 5.41) is 10.0. The molecular weight excluding hydrogens is 218 g/mol. The van der Waals surface area contributed by atoms with Crippen LogP contribution in [0, 0.1) is 0 Å². The zero-order chi connectivity index (χ0) is 11.5. The molecule has 0 amide bonds. The lowest BCUT2D eigenvalue weighted by atomic mass is 9.88. The van der Waals surface area contributed by atoms with Crippen molar-refractivity contribution in [2.45, 2.75) is 31.9 Å². The van der Waals surface area contributed by atoms with Crippen LogP contribution in [0.1, 0.15) is 31.2 Å². The summed E-state index contributed by atoms with van der Waals surface area (Å²) in [5.41, 5.74) is 1.28. The van der Waals surface area contributed by atoms with E-state index in [0.717, 1.165) is 24.4 Å². The minimum Gasteiger partial charge on any atom is -0.374 e. The number of rotatable bonds is 2. The Morgan fingerprint density at radius 2 is 2.06 bits per heavy atom. The number of aliphatic hydroxyl groups is 1. The molecule has 16 heavy (non-hydrogen) atoms. The molecule has 1 aliphatic heterocycles. The highest BCUT2D eigenvalue weighted by atomic mass is 32.1. The Balaban J connectivity index is 2.14. The summed E-state index contributed by atoms with van der Waals surface area (Å²) in [4.78, 5) is 2.80. The summed E-state index contributed by atoms with van der Waals surface area (Å²) < 4.78 is 0. The fraction of sp³-hybridized carbons (Fsp3) is 0.462. The monoisotopic (exact) mass is 235 g/mol. The molecule has 0 aliphatic carbocycles. The summed E-state index contributed by atoms with van der Waals surface area (Å²) in [6, 6.07) is 10.3. The van der Waals surface area contributed by atoms with Crippen LogP contribution in [0.5, 0.6) is 0 Å².